The first-order chi connectivity index (χ1) is 12.2. The second-order valence-corrected chi connectivity index (χ2v) is 5.89. The number of aromatic carboxylic acids is 1. The van der Waals surface area contributed by atoms with Crippen LogP contribution >= 0.6 is 0 Å². The van der Waals surface area contributed by atoms with Crippen LogP contribution in [0.25, 0.3) is 0 Å². The number of hydrogen-bond donors (Lipinski definition) is 6. The van der Waals surface area contributed by atoms with E-state index in [-0.39, 0.29) is 23.1 Å². The van der Waals surface area contributed by atoms with E-state index in [1.54, 1.807) is 19.1 Å². The summed E-state index contributed by atoms with van der Waals surface area (Å²) in [5.41, 5.74) is 7.08. The van der Waals surface area contributed by atoms with Crippen LogP contribution in [0.5, 0.6) is 5.75 Å². The zero-order chi connectivity index (χ0) is 19.4. The Hall–Kier alpha value is -3.04. The van der Waals surface area contributed by atoms with Crippen LogP contribution in [0.3, 0.4) is 0 Å². The standard InChI is InChI=1S/C17H19BN2O6/c1-9-5-6-11(7-13(9)19)16(22)20-14(18(25)26)8-10-3-2-4-12(15(10)21)17(23)24/h2-7,14,21,25-26H,8,19H2,1H3,(H,20,22)(H,23,24). The average Bonchev–Trinajstić information content (AvgIpc) is 2.57. The van der Waals surface area contributed by atoms with Gasteiger partial charge in [-0.2, -0.15) is 0 Å². The van der Waals surface area contributed by atoms with Gasteiger partial charge in [0.25, 0.3) is 5.91 Å². The maximum Gasteiger partial charge on any atom is 0.475 e. The molecule has 0 fully saturated rings. The molecule has 0 aliphatic heterocycles. The van der Waals surface area contributed by atoms with E-state index in [9.17, 15) is 24.7 Å². The third kappa shape index (κ3) is 4.32. The lowest BCUT2D eigenvalue weighted by molar-refractivity contribution is 0.0693. The van der Waals surface area contributed by atoms with E-state index in [0.717, 1.165) is 5.56 Å². The third-order valence-corrected chi connectivity index (χ3v) is 4.01. The lowest BCUT2D eigenvalue weighted by atomic mass is 9.75. The lowest BCUT2D eigenvalue weighted by Gasteiger charge is -2.19. The van der Waals surface area contributed by atoms with Crippen LogP contribution in [0.2, 0.25) is 0 Å². The zero-order valence-electron chi connectivity index (χ0n) is 14.0. The van der Waals surface area contributed by atoms with Gasteiger partial charge >= 0.3 is 13.1 Å². The largest absolute Gasteiger partial charge is 0.507 e. The number of anilines is 1. The summed E-state index contributed by atoms with van der Waals surface area (Å²) in [6.07, 6.45) is -0.183. The summed E-state index contributed by atoms with van der Waals surface area (Å²) in [4.78, 5) is 23.4. The Morgan fingerprint density at radius 1 is 1.23 bits per heavy atom. The van der Waals surface area contributed by atoms with E-state index in [2.05, 4.69) is 5.32 Å². The van der Waals surface area contributed by atoms with Crippen molar-refractivity contribution in [2.24, 2.45) is 0 Å². The highest BCUT2D eigenvalue weighted by Crippen LogP contribution is 2.24. The van der Waals surface area contributed by atoms with Crippen molar-refractivity contribution in [2.45, 2.75) is 19.3 Å². The molecule has 0 heterocycles. The summed E-state index contributed by atoms with van der Waals surface area (Å²) < 4.78 is 0. The van der Waals surface area contributed by atoms with E-state index in [1.165, 1.54) is 24.3 Å². The fourth-order valence-electron chi connectivity index (χ4n) is 2.43. The molecular formula is C17H19BN2O6. The number of carboxylic acid groups (broad SMARTS) is 1. The summed E-state index contributed by atoms with van der Waals surface area (Å²) in [6.45, 7) is 1.79. The molecule has 0 bridgehead atoms. The second kappa shape index (κ2) is 7.90. The Morgan fingerprint density at radius 2 is 1.92 bits per heavy atom. The van der Waals surface area contributed by atoms with Crippen LogP contribution in [0.15, 0.2) is 36.4 Å². The summed E-state index contributed by atoms with van der Waals surface area (Å²) in [7, 11) is -1.92. The van der Waals surface area contributed by atoms with E-state index in [0.29, 0.717) is 5.69 Å². The van der Waals surface area contributed by atoms with Crippen LogP contribution in [-0.4, -0.2) is 45.2 Å². The van der Waals surface area contributed by atoms with Crippen LogP contribution in [-0.2, 0) is 6.42 Å². The number of nitrogens with two attached hydrogens (primary N) is 1. The minimum atomic E-state index is -1.92. The molecule has 2 aromatic rings. The van der Waals surface area contributed by atoms with Crippen molar-refractivity contribution in [3.05, 3.63) is 58.7 Å². The number of aromatic hydroxyl groups is 1. The first kappa shape index (κ1) is 19.3. The van der Waals surface area contributed by atoms with Gasteiger partial charge in [0, 0.05) is 11.3 Å². The molecule has 7 N–H and O–H groups in total. The molecule has 0 spiro atoms. The Kier molecular flexibility index (Phi) is 5.86. The number of carbonyl (C=O) groups is 2. The molecule has 2 aromatic carbocycles. The molecule has 0 radical (unpaired) electrons. The van der Waals surface area contributed by atoms with Gasteiger partial charge in [-0.15, -0.1) is 0 Å². The molecule has 1 atom stereocenters. The lowest BCUT2D eigenvalue weighted by Crippen LogP contribution is -2.47. The van der Waals surface area contributed by atoms with Crippen molar-refractivity contribution in [1.82, 2.24) is 5.32 Å². The molecule has 0 aromatic heterocycles. The highest BCUT2D eigenvalue weighted by atomic mass is 16.4. The summed E-state index contributed by atoms with van der Waals surface area (Å²) in [6, 6.07) is 8.75. The smallest absolute Gasteiger partial charge is 0.475 e. The number of carboxylic acids is 1. The van der Waals surface area contributed by atoms with Gasteiger partial charge in [-0.1, -0.05) is 18.2 Å². The van der Waals surface area contributed by atoms with Gasteiger partial charge in [0.2, 0.25) is 0 Å². The molecule has 8 nitrogen and oxygen atoms in total. The van der Waals surface area contributed by atoms with Gasteiger partial charge in [0.1, 0.15) is 11.3 Å². The van der Waals surface area contributed by atoms with Gasteiger partial charge in [-0.05, 0) is 42.7 Å². The van der Waals surface area contributed by atoms with Gasteiger partial charge < -0.3 is 31.3 Å². The predicted octanol–water partition coefficient (Wildman–Crippen LogP) is 0.334. The SMILES string of the molecule is Cc1ccc(C(=O)NC(Cc2cccc(C(=O)O)c2O)B(O)O)cc1N. The molecule has 136 valence electrons. The normalized spacial score (nSPS) is 11.7. The monoisotopic (exact) mass is 358 g/mol. The number of amides is 1. The zero-order valence-corrected chi connectivity index (χ0v) is 14.0. The quantitative estimate of drug-likeness (QED) is 0.321. The maximum absolute atomic E-state index is 12.3. The number of aryl methyl sites for hydroxylation is 1. The van der Waals surface area contributed by atoms with Crippen molar-refractivity contribution >= 4 is 24.7 Å². The Bertz CT molecular complexity index is 840. The van der Waals surface area contributed by atoms with Crippen molar-refractivity contribution in [2.75, 3.05) is 5.73 Å². The number of nitrogen functional groups attached to an aromatic ring is 1. The maximum atomic E-state index is 12.3. The topological polar surface area (TPSA) is 153 Å². The fourth-order valence-corrected chi connectivity index (χ4v) is 2.43. The number of benzene rings is 2. The number of rotatable bonds is 6. The van der Waals surface area contributed by atoms with Gasteiger partial charge in [0.15, 0.2) is 0 Å². The van der Waals surface area contributed by atoms with Crippen LogP contribution in [0.1, 0.15) is 31.8 Å². The van der Waals surface area contributed by atoms with Crippen molar-refractivity contribution in [1.29, 1.82) is 0 Å². The molecule has 1 unspecified atom stereocenters. The summed E-state index contributed by atoms with van der Waals surface area (Å²) in [5.74, 6) is -3.55. The highest BCUT2D eigenvalue weighted by molar-refractivity contribution is 6.43. The number of hydrogen-bond acceptors (Lipinski definition) is 6. The molecule has 0 saturated carbocycles. The molecule has 26 heavy (non-hydrogen) atoms. The van der Waals surface area contributed by atoms with Gasteiger partial charge in [-0.25, -0.2) is 4.79 Å². The number of phenols is 1. The van der Waals surface area contributed by atoms with E-state index in [1.807, 2.05) is 0 Å². The number of para-hydroxylation sites is 1. The Labute approximate surface area is 150 Å². The van der Waals surface area contributed by atoms with Gasteiger partial charge in [0.05, 0.1) is 5.94 Å². The molecule has 0 aliphatic carbocycles. The van der Waals surface area contributed by atoms with Crippen molar-refractivity contribution in [3.63, 3.8) is 0 Å². The molecule has 1 amide bonds. The van der Waals surface area contributed by atoms with Crippen LogP contribution < -0.4 is 11.1 Å². The molecule has 9 heteroatoms. The predicted molar refractivity (Wildman–Crippen MR) is 95.8 cm³/mol. The van der Waals surface area contributed by atoms with E-state index >= 15 is 0 Å². The van der Waals surface area contributed by atoms with Crippen LogP contribution in [0.4, 0.5) is 5.69 Å². The number of carbonyl (C=O) groups excluding carboxylic acids is 1. The molecule has 0 saturated heterocycles. The highest BCUT2D eigenvalue weighted by Gasteiger charge is 2.28. The second-order valence-electron chi connectivity index (χ2n) is 5.89. The van der Waals surface area contributed by atoms with Gasteiger partial charge in [-0.3, -0.25) is 4.79 Å². The molecule has 2 rings (SSSR count). The minimum Gasteiger partial charge on any atom is -0.507 e. The van der Waals surface area contributed by atoms with Crippen molar-refractivity contribution in [3.8, 4) is 5.75 Å². The number of nitrogens with one attached hydrogen (secondary N) is 1. The van der Waals surface area contributed by atoms with E-state index < -0.39 is 30.7 Å². The third-order valence-electron chi connectivity index (χ3n) is 4.01. The van der Waals surface area contributed by atoms with E-state index in [4.69, 9.17) is 10.8 Å². The molecule has 0 aliphatic rings. The van der Waals surface area contributed by atoms with Crippen LogP contribution in [0, 0.1) is 6.92 Å². The summed E-state index contributed by atoms with van der Waals surface area (Å²) >= 11 is 0. The Balaban J connectivity index is 2.22. The fraction of sp³-hybridized carbons (Fsp3) is 0.176. The summed E-state index contributed by atoms with van der Waals surface area (Å²) in [5, 5.41) is 40.6. The molecular weight excluding hydrogens is 339 g/mol. The minimum absolute atomic E-state index is 0.159. The Morgan fingerprint density at radius 3 is 2.50 bits per heavy atom. The first-order valence-corrected chi connectivity index (χ1v) is 7.78. The average molecular weight is 358 g/mol. The first-order valence-electron chi connectivity index (χ1n) is 7.78. The van der Waals surface area contributed by atoms with Crippen molar-refractivity contribution < 1.29 is 29.9 Å².